The molecule has 0 saturated carbocycles. The molecule has 2 N–H and O–H groups in total. The van der Waals surface area contributed by atoms with Gasteiger partial charge in [-0.25, -0.2) is 18.4 Å². The summed E-state index contributed by atoms with van der Waals surface area (Å²) in [6.07, 6.45) is -2.67. The van der Waals surface area contributed by atoms with E-state index in [1.165, 1.54) is 0 Å². The molecule has 0 aliphatic heterocycles. The van der Waals surface area contributed by atoms with Gasteiger partial charge >= 0.3 is 6.18 Å². The van der Waals surface area contributed by atoms with Crippen LogP contribution < -0.4 is 10.6 Å². The third-order valence-electron chi connectivity index (χ3n) is 3.62. The molecule has 0 spiro atoms. The van der Waals surface area contributed by atoms with Gasteiger partial charge in [0, 0.05) is 24.7 Å². The minimum absolute atomic E-state index is 0.0408. The minimum Gasteiger partial charge on any atom is -0.357 e. The molecule has 0 atom stereocenters. The van der Waals surface area contributed by atoms with E-state index in [4.69, 9.17) is 0 Å². The lowest BCUT2D eigenvalue weighted by Gasteiger charge is -2.11. The Kier molecular flexibility index (Phi) is 7.41. The van der Waals surface area contributed by atoms with E-state index >= 15 is 0 Å². The topological polar surface area (TPSA) is 83.4 Å². The van der Waals surface area contributed by atoms with Gasteiger partial charge < -0.3 is 10.6 Å². The summed E-state index contributed by atoms with van der Waals surface area (Å²) in [5, 5.41) is 7.37. The molecule has 0 amide bonds. The smallest absolute Gasteiger partial charge is 0.357 e. The lowest BCUT2D eigenvalue weighted by molar-refractivity contribution is -0.140. The van der Waals surface area contributed by atoms with Gasteiger partial charge in [0.1, 0.15) is 5.01 Å². The summed E-state index contributed by atoms with van der Waals surface area (Å²) in [4.78, 5) is 8.07. The van der Waals surface area contributed by atoms with Crippen LogP contribution in [0.5, 0.6) is 0 Å². The second-order valence-corrected chi connectivity index (χ2v) is 8.87. The van der Waals surface area contributed by atoms with Crippen LogP contribution >= 0.6 is 11.3 Å². The summed E-state index contributed by atoms with van der Waals surface area (Å²) < 4.78 is 60.7. The van der Waals surface area contributed by atoms with Crippen molar-refractivity contribution < 1.29 is 21.6 Å². The molecule has 0 aliphatic rings. The SMILES string of the molecule is CCNC(=NCc1nc(C(F)(F)F)cs1)NCCc1ccc(S(C)(=O)=O)cc1. The van der Waals surface area contributed by atoms with Crippen LogP contribution in [0.25, 0.3) is 0 Å². The Hall–Kier alpha value is -2.14. The van der Waals surface area contributed by atoms with Crippen LogP contribution in [0.15, 0.2) is 39.5 Å². The van der Waals surface area contributed by atoms with Gasteiger partial charge in [-0.15, -0.1) is 11.3 Å². The Bertz CT molecular complexity index is 907. The third kappa shape index (κ3) is 6.79. The van der Waals surface area contributed by atoms with Crippen molar-refractivity contribution in [1.82, 2.24) is 15.6 Å². The molecule has 0 unspecified atom stereocenters. The Morgan fingerprint density at radius 2 is 1.89 bits per heavy atom. The molecule has 2 rings (SSSR count). The van der Waals surface area contributed by atoms with Crippen molar-refractivity contribution in [1.29, 1.82) is 0 Å². The highest BCUT2D eigenvalue weighted by molar-refractivity contribution is 7.90. The number of sulfone groups is 1. The molecule has 0 fully saturated rings. The molecule has 1 aromatic carbocycles. The largest absolute Gasteiger partial charge is 0.434 e. The highest BCUT2D eigenvalue weighted by Crippen LogP contribution is 2.30. The lowest BCUT2D eigenvalue weighted by atomic mass is 10.1. The maximum absolute atomic E-state index is 12.6. The molecule has 0 aliphatic carbocycles. The van der Waals surface area contributed by atoms with E-state index < -0.39 is 21.7 Å². The molecule has 6 nitrogen and oxygen atoms in total. The number of aromatic nitrogens is 1. The number of nitrogens with zero attached hydrogens (tertiary/aromatic N) is 2. The number of hydrogen-bond donors (Lipinski definition) is 2. The Balaban J connectivity index is 1.91. The number of rotatable bonds is 7. The summed E-state index contributed by atoms with van der Waals surface area (Å²) >= 11 is 0.918. The molecule has 154 valence electrons. The summed E-state index contributed by atoms with van der Waals surface area (Å²) in [7, 11) is -3.22. The first-order valence-electron chi connectivity index (χ1n) is 8.42. The zero-order chi connectivity index (χ0) is 20.8. The number of thiazole rings is 1. The van der Waals surface area contributed by atoms with Gasteiger partial charge in [-0.2, -0.15) is 13.2 Å². The highest BCUT2D eigenvalue weighted by Gasteiger charge is 2.33. The van der Waals surface area contributed by atoms with E-state index in [0.717, 1.165) is 28.5 Å². The standard InChI is InChI=1S/C17H21F3N4O2S2/c1-3-21-16(23-10-15-24-14(11-27-15)17(18,19)20)22-9-8-12-4-6-13(7-5-12)28(2,25)26/h4-7,11H,3,8-10H2,1-2H3,(H2,21,22,23). The van der Waals surface area contributed by atoms with Gasteiger partial charge in [-0.05, 0) is 31.0 Å². The van der Waals surface area contributed by atoms with E-state index in [-0.39, 0.29) is 16.4 Å². The van der Waals surface area contributed by atoms with Crippen molar-refractivity contribution in [3.63, 3.8) is 0 Å². The number of alkyl halides is 3. The van der Waals surface area contributed by atoms with Crippen LogP contribution in [-0.4, -0.2) is 38.7 Å². The van der Waals surface area contributed by atoms with E-state index in [9.17, 15) is 21.6 Å². The van der Waals surface area contributed by atoms with E-state index in [1.54, 1.807) is 24.3 Å². The first kappa shape index (κ1) is 22.2. The third-order valence-corrected chi connectivity index (χ3v) is 5.58. The van der Waals surface area contributed by atoms with Crippen LogP contribution in [0.2, 0.25) is 0 Å². The first-order valence-corrected chi connectivity index (χ1v) is 11.2. The molecule has 2 aromatic rings. The highest BCUT2D eigenvalue weighted by atomic mass is 32.2. The number of guanidine groups is 1. The van der Waals surface area contributed by atoms with Gasteiger partial charge in [0.05, 0.1) is 11.4 Å². The van der Waals surface area contributed by atoms with E-state index in [2.05, 4.69) is 20.6 Å². The van der Waals surface area contributed by atoms with Crippen molar-refractivity contribution in [2.75, 3.05) is 19.3 Å². The minimum atomic E-state index is -4.45. The molecule has 28 heavy (non-hydrogen) atoms. The van der Waals surface area contributed by atoms with Crippen LogP contribution in [0.1, 0.15) is 23.2 Å². The van der Waals surface area contributed by atoms with Gasteiger partial charge in [-0.3, -0.25) is 0 Å². The average molecular weight is 435 g/mol. The molecular formula is C17H21F3N4O2S2. The lowest BCUT2D eigenvalue weighted by Crippen LogP contribution is -2.38. The summed E-state index contributed by atoms with van der Waals surface area (Å²) in [6.45, 7) is 3.04. The fourth-order valence-electron chi connectivity index (χ4n) is 2.23. The Labute approximate surface area is 165 Å². The molecule has 1 heterocycles. The van der Waals surface area contributed by atoms with Gasteiger partial charge in [0.15, 0.2) is 21.5 Å². The van der Waals surface area contributed by atoms with Crippen molar-refractivity contribution in [3.05, 3.63) is 45.9 Å². The van der Waals surface area contributed by atoms with Gasteiger partial charge in [0.25, 0.3) is 0 Å². The average Bonchev–Trinajstić information content (AvgIpc) is 3.09. The summed E-state index contributed by atoms with van der Waals surface area (Å²) in [6, 6.07) is 6.61. The van der Waals surface area contributed by atoms with E-state index in [0.29, 0.717) is 25.5 Å². The second kappa shape index (κ2) is 9.37. The molecule has 1 aromatic heterocycles. The van der Waals surface area contributed by atoms with Crippen molar-refractivity contribution >= 4 is 27.1 Å². The number of nitrogens with one attached hydrogen (secondary N) is 2. The quantitative estimate of drug-likeness (QED) is 0.517. The number of halogens is 3. The predicted molar refractivity (Wildman–Crippen MR) is 103 cm³/mol. The number of hydrogen-bond acceptors (Lipinski definition) is 5. The van der Waals surface area contributed by atoms with Gasteiger partial charge in [0.2, 0.25) is 0 Å². The van der Waals surface area contributed by atoms with Crippen LogP contribution in [0.3, 0.4) is 0 Å². The zero-order valence-electron chi connectivity index (χ0n) is 15.4. The van der Waals surface area contributed by atoms with Crippen LogP contribution in [0, 0.1) is 0 Å². The molecule has 0 bridgehead atoms. The second-order valence-electron chi connectivity index (χ2n) is 5.91. The summed E-state index contributed by atoms with van der Waals surface area (Å²) in [5.41, 5.74) is 0.0451. The fourth-order valence-corrected chi connectivity index (χ4v) is 3.59. The van der Waals surface area contributed by atoms with Crippen LogP contribution in [-0.2, 0) is 29.0 Å². The zero-order valence-corrected chi connectivity index (χ0v) is 17.0. The van der Waals surface area contributed by atoms with Crippen molar-refractivity contribution in [3.8, 4) is 0 Å². The van der Waals surface area contributed by atoms with Crippen LogP contribution in [0.4, 0.5) is 13.2 Å². The molecule has 0 saturated heterocycles. The predicted octanol–water partition coefficient (Wildman–Crippen LogP) is 2.86. The summed E-state index contributed by atoms with van der Waals surface area (Å²) in [5.74, 6) is 0.471. The molecule has 11 heteroatoms. The maximum atomic E-state index is 12.6. The molecular weight excluding hydrogens is 413 g/mol. The van der Waals surface area contributed by atoms with Gasteiger partial charge in [-0.1, -0.05) is 12.1 Å². The van der Waals surface area contributed by atoms with Crippen molar-refractivity contribution in [2.24, 2.45) is 4.99 Å². The Morgan fingerprint density at radius 1 is 1.21 bits per heavy atom. The van der Waals surface area contributed by atoms with E-state index in [1.807, 2.05) is 6.92 Å². The Morgan fingerprint density at radius 3 is 2.43 bits per heavy atom. The number of benzene rings is 1. The molecule has 0 radical (unpaired) electrons. The van der Waals surface area contributed by atoms with Crippen molar-refractivity contribution in [2.45, 2.75) is 31.0 Å². The first-order chi connectivity index (χ1) is 13.1. The fraction of sp³-hybridized carbons (Fsp3) is 0.412. The monoisotopic (exact) mass is 434 g/mol. The maximum Gasteiger partial charge on any atom is 0.434 e. The number of aliphatic imine (C=N–C) groups is 1. The normalized spacial score (nSPS) is 12.8.